The molecule has 3 aromatic carbocycles. The molecule has 0 unspecified atom stereocenters. The second-order valence-corrected chi connectivity index (χ2v) is 14.2. The Hall–Kier alpha value is -4.71. The molecule has 4 amide bonds. The molecule has 276 valence electrons. The Balaban J connectivity index is 1.46. The van der Waals surface area contributed by atoms with Crippen LogP contribution >= 0.6 is 23.2 Å². The van der Waals surface area contributed by atoms with Crippen LogP contribution in [0.2, 0.25) is 0 Å². The molecule has 6 atom stereocenters. The average Bonchev–Trinajstić information content (AvgIpc) is 3.47. The van der Waals surface area contributed by atoms with E-state index in [1.54, 1.807) is 0 Å². The molecular formula is C34H24BCl2F5N2O9. The third-order valence-electron chi connectivity index (χ3n) is 10.5. The molecule has 2 aliphatic carbocycles. The van der Waals surface area contributed by atoms with E-state index in [0.717, 1.165) is 18.1 Å². The lowest BCUT2D eigenvalue weighted by atomic mass is 9.56. The molecule has 0 bridgehead atoms. The van der Waals surface area contributed by atoms with E-state index in [0.29, 0.717) is 0 Å². The van der Waals surface area contributed by atoms with Crippen molar-refractivity contribution in [2.24, 2.45) is 17.8 Å². The number of phenolic OH excluding ortho intramolecular Hbond substituents is 1. The van der Waals surface area contributed by atoms with Crippen LogP contribution in [0.3, 0.4) is 0 Å². The molecule has 0 spiro atoms. The van der Waals surface area contributed by atoms with Gasteiger partial charge in [-0.1, -0.05) is 23.8 Å². The van der Waals surface area contributed by atoms with E-state index in [-0.39, 0.29) is 45.1 Å². The number of ether oxygens (including phenoxy) is 2. The van der Waals surface area contributed by atoms with Gasteiger partial charge in [-0.25, -0.2) is 26.9 Å². The highest BCUT2D eigenvalue weighted by Crippen LogP contribution is 2.67. The lowest BCUT2D eigenvalue weighted by Gasteiger charge is -2.50. The Bertz CT molecular complexity index is 2180. The highest BCUT2D eigenvalue weighted by atomic mass is 35.5. The number of imide groups is 2. The number of hydrogen-bond acceptors (Lipinski definition) is 9. The quantitative estimate of drug-likeness (QED) is 0.0649. The van der Waals surface area contributed by atoms with Gasteiger partial charge >= 0.3 is 7.12 Å². The average molecular weight is 781 g/mol. The summed E-state index contributed by atoms with van der Waals surface area (Å²) < 4.78 is 84.4. The molecule has 0 radical (unpaired) electrons. The molecule has 11 nitrogen and oxygen atoms in total. The smallest absolute Gasteiger partial charge is 0.488 e. The van der Waals surface area contributed by atoms with Crippen molar-refractivity contribution in [2.45, 2.75) is 28.5 Å². The monoisotopic (exact) mass is 780 g/mol. The number of benzene rings is 3. The summed E-state index contributed by atoms with van der Waals surface area (Å²) in [4.78, 5) is 51.8. The predicted molar refractivity (Wildman–Crippen MR) is 176 cm³/mol. The minimum Gasteiger partial charge on any atom is -0.507 e. The van der Waals surface area contributed by atoms with Crippen molar-refractivity contribution < 1.29 is 65.8 Å². The van der Waals surface area contributed by atoms with Crippen LogP contribution < -0.4 is 24.7 Å². The number of allylic oxidation sites excluding steroid dienone is 2. The van der Waals surface area contributed by atoms with Crippen molar-refractivity contribution in [3.63, 3.8) is 0 Å². The lowest BCUT2D eigenvalue weighted by molar-refractivity contribution is -0.125. The Morgan fingerprint density at radius 1 is 0.830 bits per heavy atom. The highest BCUT2D eigenvalue weighted by Gasteiger charge is 2.77. The van der Waals surface area contributed by atoms with Gasteiger partial charge in [0, 0.05) is 23.6 Å². The fourth-order valence-corrected chi connectivity index (χ4v) is 9.05. The standard InChI is InChI=1S/C34H24BCl2F5N2O9/c1-52-14-9-18(45)21(19(10-14)53-2)22-15-6-7-16-20(30(47)43(29(16)46)13-5-3-4-12(8-13)35(50)51)17(15)11-33(36)31(48)44(32(49)34(22,33)37)28-26(41)24(39)23(38)25(40)27(28)42/h3-6,8-10,16-17,20,22,45,50-51H,7,11H2,1-2H3/t16-,17+,20-,22+,33+,34-/m0/s1. The van der Waals surface area contributed by atoms with Crippen LogP contribution in [0.5, 0.6) is 17.2 Å². The summed E-state index contributed by atoms with van der Waals surface area (Å²) in [6.07, 6.45) is 0.489. The number of carbonyl (C=O) groups is 4. The van der Waals surface area contributed by atoms with E-state index in [2.05, 4.69) is 0 Å². The number of aromatic hydroxyl groups is 1. The summed E-state index contributed by atoms with van der Waals surface area (Å²) in [5.41, 5.74) is -2.28. The fourth-order valence-electron chi connectivity index (χ4n) is 8.13. The largest absolute Gasteiger partial charge is 0.507 e. The number of alkyl halides is 2. The molecule has 3 aromatic rings. The molecule has 0 aromatic heterocycles. The Kier molecular flexibility index (Phi) is 8.60. The molecule has 7 rings (SSSR count). The maximum absolute atomic E-state index is 15.3. The van der Waals surface area contributed by atoms with Gasteiger partial charge in [-0.05, 0) is 36.4 Å². The second kappa shape index (κ2) is 12.4. The topological polar surface area (TPSA) is 154 Å². The molecule has 2 saturated heterocycles. The van der Waals surface area contributed by atoms with E-state index < -0.39 is 111 Å². The highest BCUT2D eigenvalue weighted by molar-refractivity contribution is 6.59. The van der Waals surface area contributed by atoms with Crippen LogP contribution in [0, 0.1) is 46.8 Å². The minimum absolute atomic E-state index is 0.0275. The van der Waals surface area contributed by atoms with Crippen molar-refractivity contribution in [1.82, 2.24) is 0 Å². The van der Waals surface area contributed by atoms with Crippen molar-refractivity contribution >= 4 is 70.8 Å². The van der Waals surface area contributed by atoms with Gasteiger partial charge in [0.1, 0.15) is 22.9 Å². The van der Waals surface area contributed by atoms with Crippen molar-refractivity contribution in [2.75, 3.05) is 24.0 Å². The van der Waals surface area contributed by atoms with E-state index >= 15 is 8.78 Å². The summed E-state index contributed by atoms with van der Waals surface area (Å²) in [6, 6.07) is 7.62. The van der Waals surface area contributed by atoms with Gasteiger partial charge in [0.15, 0.2) is 33.0 Å². The number of rotatable bonds is 6. The van der Waals surface area contributed by atoms with E-state index in [9.17, 15) is 47.5 Å². The van der Waals surface area contributed by atoms with Crippen LogP contribution in [0.1, 0.15) is 24.3 Å². The number of carbonyl (C=O) groups excluding carboxylic acids is 4. The SMILES string of the molecule is COc1cc(O)c([C@H]2C3=CC[C@@H]4C(=O)N(c5cccc(B(O)O)c5)C(=O)[C@@H]4[C@@H]3C[C@@]3(Cl)C(=O)N(c4c(F)c(F)c(F)c(F)c4F)C(=O)[C@@]23Cl)c(OC)c1. The minimum atomic E-state index is -2.91. The fraction of sp³-hybridized carbons (Fsp3) is 0.294. The summed E-state index contributed by atoms with van der Waals surface area (Å²) >= 11 is 14.3. The van der Waals surface area contributed by atoms with E-state index in [1.165, 1.54) is 43.5 Å². The molecule has 19 heteroatoms. The summed E-state index contributed by atoms with van der Waals surface area (Å²) in [6.45, 7) is 0. The van der Waals surface area contributed by atoms with Gasteiger partial charge in [0.05, 0.1) is 31.7 Å². The predicted octanol–water partition coefficient (Wildman–Crippen LogP) is 3.55. The van der Waals surface area contributed by atoms with Gasteiger partial charge in [-0.2, -0.15) is 0 Å². The summed E-state index contributed by atoms with van der Waals surface area (Å²) in [7, 11) is 0.465. The molecule has 1 saturated carbocycles. The Morgan fingerprint density at radius 3 is 2.08 bits per heavy atom. The number of hydrogen-bond donors (Lipinski definition) is 3. The van der Waals surface area contributed by atoms with Crippen molar-refractivity contribution in [1.29, 1.82) is 0 Å². The lowest BCUT2D eigenvalue weighted by Crippen LogP contribution is -2.60. The van der Waals surface area contributed by atoms with Gasteiger partial charge in [-0.3, -0.25) is 24.1 Å². The zero-order valence-corrected chi connectivity index (χ0v) is 28.7. The molecular weight excluding hydrogens is 757 g/mol. The first-order chi connectivity index (χ1) is 25.0. The van der Waals surface area contributed by atoms with Crippen LogP contribution in [0.25, 0.3) is 0 Å². The van der Waals surface area contributed by atoms with Gasteiger partial charge in [-0.15, -0.1) is 23.2 Å². The molecule has 53 heavy (non-hydrogen) atoms. The first-order valence-corrected chi connectivity index (χ1v) is 16.5. The number of methoxy groups -OCH3 is 2. The second-order valence-electron chi connectivity index (χ2n) is 12.9. The van der Waals surface area contributed by atoms with Crippen LogP contribution in [-0.2, 0) is 19.2 Å². The summed E-state index contributed by atoms with van der Waals surface area (Å²) in [5.74, 6) is -24.0. The number of halogens is 7. The van der Waals surface area contributed by atoms with Crippen LogP contribution in [-0.4, -0.2) is 69.9 Å². The number of fused-ring (bicyclic) bond motifs is 4. The first-order valence-electron chi connectivity index (χ1n) is 15.7. The van der Waals surface area contributed by atoms with Crippen molar-refractivity contribution in [3.8, 4) is 17.2 Å². The molecule has 3 fully saturated rings. The zero-order chi connectivity index (χ0) is 38.6. The number of amides is 4. The maximum atomic E-state index is 15.3. The molecule has 2 aliphatic heterocycles. The van der Waals surface area contributed by atoms with Gasteiger partial charge in [0.25, 0.3) is 11.8 Å². The normalized spacial score (nSPS) is 27.8. The van der Waals surface area contributed by atoms with E-state index in [1.807, 2.05) is 0 Å². The summed E-state index contributed by atoms with van der Waals surface area (Å²) in [5, 5.41) is 30.9. The molecule has 3 N–H and O–H groups in total. The Morgan fingerprint density at radius 2 is 1.47 bits per heavy atom. The van der Waals surface area contributed by atoms with Gasteiger partial charge < -0.3 is 24.6 Å². The number of phenols is 1. The third-order valence-corrected chi connectivity index (χ3v) is 11.9. The number of nitrogens with zero attached hydrogens (tertiary/aromatic N) is 2. The molecule has 2 heterocycles. The zero-order valence-electron chi connectivity index (χ0n) is 27.2. The molecule has 4 aliphatic rings. The van der Waals surface area contributed by atoms with Crippen LogP contribution in [0.4, 0.5) is 33.3 Å². The maximum Gasteiger partial charge on any atom is 0.488 e. The number of anilines is 2. The first kappa shape index (κ1) is 36.6. The van der Waals surface area contributed by atoms with Gasteiger partial charge in [0.2, 0.25) is 17.6 Å². The van der Waals surface area contributed by atoms with Crippen molar-refractivity contribution in [3.05, 3.63) is 82.7 Å². The Labute approximate surface area is 306 Å². The third kappa shape index (κ3) is 4.79. The van der Waals surface area contributed by atoms with E-state index in [4.69, 9.17) is 32.7 Å². The van der Waals surface area contributed by atoms with Crippen LogP contribution in [0.15, 0.2) is 48.0 Å².